The van der Waals surface area contributed by atoms with E-state index in [1.165, 1.54) is 27.8 Å². The van der Waals surface area contributed by atoms with Gasteiger partial charge < -0.3 is 0 Å². The van der Waals surface area contributed by atoms with Crippen molar-refractivity contribution in [3.63, 3.8) is 0 Å². The Morgan fingerprint density at radius 3 is 2.78 bits per heavy atom. The standard InChI is InChI=1S/C14H13ClN2O4S2/c15-11-5-4-10(9-13(11)17(18)19)23(20,21)16-7-2-1-3-14-12(16)6-8-22-14/h4-6,8-9H,1-3,7H2. The van der Waals surface area contributed by atoms with Crippen molar-refractivity contribution in [2.75, 3.05) is 10.8 Å². The third-order valence-electron chi connectivity index (χ3n) is 3.71. The van der Waals surface area contributed by atoms with E-state index in [2.05, 4.69) is 0 Å². The van der Waals surface area contributed by atoms with Crippen LogP contribution in [0.5, 0.6) is 0 Å². The van der Waals surface area contributed by atoms with Gasteiger partial charge in [0.15, 0.2) is 0 Å². The van der Waals surface area contributed by atoms with Crippen molar-refractivity contribution < 1.29 is 13.3 Å². The van der Waals surface area contributed by atoms with Gasteiger partial charge in [-0.2, -0.15) is 0 Å². The predicted octanol–water partition coefficient (Wildman–Crippen LogP) is 3.84. The molecular formula is C14H13ClN2O4S2. The predicted molar refractivity (Wildman–Crippen MR) is 89.9 cm³/mol. The molecule has 1 aromatic carbocycles. The molecule has 0 fully saturated rings. The van der Waals surface area contributed by atoms with Crippen molar-refractivity contribution in [1.29, 1.82) is 0 Å². The van der Waals surface area contributed by atoms with E-state index in [4.69, 9.17) is 11.6 Å². The maximum Gasteiger partial charge on any atom is 0.289 e. The van der Waals surface area contributed by atoms with Crippen LogP contribution in [0, 0.1) is 10.1 Å². The average Bonchev–Trinajstić information content (AvgIpc) is 2.85. The molecule has 0 spiro atoms. The van der Waals surface area contributed by atoms with Crippen LogP contribution in [0.3, 0.4) is 0 Å². The molecule has 23 heavy (non-hydrogen) atoms. The van der Waals surface area contributed by atoms with E-state index < -0.39 is 20.6 Å². The van der Waals surface area contributed by atoms with Crippen LogP contribution >= 0.6 is 22.9 Å². The smallest absolute Gasteiger partial charge is 0.265 e. The Kier molecular flexibility index (Phi) is 4.31. The molecule has 0 aliphatic carbocycles. The van der Waals surface area contributed by atoms with Gasteiger partial charge in [0.1, 0.15) is 5.02 Å². The largest absolute Gasteiger partial charge is 0.289 e. The fourth-order valence-corrected chi connectivity index (χ4v) is 5.30. The minimum absolute atomic E-state index is 0.0824. The summed E-state index contributed by atoms with van der Waals surface area (Å²) in [6.07, 6.45) is 2.51. The molecule has 1 aliphatic heterocycles. The Bertz CT molecular complexity index is 863. The molecule has 0 radical (unpaired) electrons. The van der Waals surface area contributed by atoms with Crippen molar-refractivity contribution in [2.45, 2.75) is 24.2 Å². The third-order valence-corrected chi connectivity index (χ3v) is 6.81. The van der Waals surface area contributed by atoms with Crippen molar-refractivity contribution in [3.05, 3.63) is 49.7 Å². The van der Waals surface area contributed by atoms with E-state index in [0.717, 1.165) is 30.2 Å². The Balaban J connectivity index is 2.09. The molecule has 0 amide bonds. The second-order valence-corrected chi connectivity index (χ2v) is 8.40. The quantitative estimate of drug-likeness (QED) is 0.605. The van der Waals surface area contributed by atoms with Crippen molar-refractivity contribution >= 4 is 44.3 Å². The number of fused-ring (bicyclic) bond motifs is 1. The molecule has 3 rings (SSSR count). The highest BCUT2D eigenvalue weighted by Crippen LogP contribution is 2.36. The van der Waals surface area contributed by atoms with Crippen LogP contribution in [0.15, 0.2) is 34.5 Å². The summed E-state index contributed by atoms with van der Waals surface area (Å²) in [6.45, 7) is 0.364. The first kappa shape index (κ1) is 16.2. The van der Waals surface area contributed by atoms with Crippen LogP contribution in [0.1, 0.15) is 17.7 Å². The molecule has 0 saturated heterocycles. The number of thiophene rings is 1. The maximum absolute atomic E-state index is 13.0. The molecule has 2 heterocycles. The maximum atomic E-state index is 13.0. The first-order valence-electron chi connectivity index (χ1n) is 6.94. The molecular weight excluding hydrogens is 360 g/mol. The van der Waals surface area contributed by atoms with E-state index in [1.807, 2.05) is 5.38 Å². The zero-order chi connectivity index (χ0) is 16.6. The highest BCUT2D eigenvalue weighted by Gasteiger charge is 2.30. The van der Waals surface area contributed by atoms with E-state index >= 15 is 0 Å². The summed E-state index contributed by atoms with van der Waals surface area (Å²) in [5, 5.41) is 12.8. The number of sulfonamides is 1. The van der Waals surface area contributed by atoms with Gasteiger partial charge in [0.05, 0.1) is 15.5 Å². The summed E-state index contributed by atoms with van der Waals surface area (Å²) in [4.78, 5) is 11.2. The van der Waals surface area contributed by atoms with E-state index in [-0.39, 0.29) is 9.92 Å². The Morgan fingerprint density at radius 1 is 1.26 bits per heavy atom. The van der Waals surface area contributed by atoms with Crippen LogP contribution in [-0.2, 0) is 16.4 Å². The van der Waals surface area contributed by atoms with Crippen LogP contribution in [0.25, 0.3) is 0 Å². The van der Waals surface area contributed by atoms with Crippen LogP contribution in [0.4, 0.5) is 11.4 Å². The van der Waals surface area contributed by atoms with Crippen LogP contribution < -0.4 is 4.31 Å². The van der Waals surface area contributed by atoms with Gasteiger partial charge in [-0.25, -0.2) is 8.42 Å². The van der Waals surface area contributed by atoms with Gasteiger partial charge in [-0.1, -0.05) is 11.6 Å². The van der Waals surface area contributed by atoms with Gasteiger partial charge in [-0.05, 0) is 42.8 Å². The summed E-state index contributed by atoms with van der Waals surface area (Å²) < 4.78 is 27.2. The first-order valence-corrected chi connectivity index (χ1v) is 9.64. The molecule has 0 bridgehead atoms. The molecule has 2 aromatic rings. The van der Waals surface area contributed by atoms with Gasteiger partial charge >= 0.3 is 0 Å². The van der Waals surface area contributed by atoms with Gasteiger partial charge in [0.25, 0.3) is 15.7 Å². The van der Waals surface area contributed by atoms with Gasteiger partial charge in [-0.3, -0.25) is 14.4 Å². The van der Waals surface area contributed by atoms with Gasteiger partial charge in [0, 0.05) is 17.5 Å². The number of aryl methyl sites for hydroxylation is 1. The molecule has 0 saturated carbocycles. The number of nitro groups is 1. The fourth-order valence-electron chi connectivity index (χ4n) is 2.57. The molecule has 0 N–H and O–H groups in total. The Morgan fingerprint density at radius 2 is 2.04 bits per heavy atom. The monoisotopic (exact) mass is 372 g/mol. The fraction of sp³-hybridized carbons (Fsp3) is 0.286. The topological polar surface area (TPSA) is 80.5 Å². The summed E-state index contributed by atoms with van der Waals surface area (Å²) in [5.74, 6) is 0. The van der Waals surface area contributed by atoms with E-state index in [1.54, 1.807) is 6.07 Å². The summed E-state index contributed by atoms with van der Waals surface area (Å²) >= 11 is 7.30. The zero-order valence-electron chi connectivity index (χ0n) is 11.9. The van der Waals surface area contributed by atoms with Gasteiger partial charge in [-0.15, -0.1) is 11.3 Å². The highest BCUT2D eigenvalue weighted by molar-refractivity contribution is 7.92. The lowest BCUT2D eigenvalue weighted by molar-refractivity contribution is -0.384. The molecule has 6 nitrogen and oxygen atoms in total. The summed E-state index contributed by atoms with van der Waals surface area (Å²) in [5.41, 5.74) is 0.262. The average molecular weight is 373 g/mol. The number of nitro benzene ring substituents is 1. The minimum Gasteiger partial charge on any atom is -0.265 e. The number of rotatable bonds is 3. The Hall–Kier alpha value is -1.64. The lowest BCUT2D eigenvalue weighted by Gasteiger charge is -2.22. The van der Waals surface area contributed by atoms with Gasteiger partial charge in [0.2, 0.25) is 0 Å². The number of benzene rings is 1. The van der Waals surface area contributed by atoms with Crippen molar-refractivity contribution in [2.24, 2.45) is 0 Å². The zero-order valence-corrected chi connectivity index (χ0v) is 14.3. The van der Waals surface area contributed by atoms with E-state index in [9.17, 15) is 18.5 Å². The SMILES string of the molecule is O=[N+]([O-])c1cc(S(=O)(=O)N2CCCCc3sccc32)ccc1Cl. The molecule has 122 valence electrons. The first-order chi connectivity index (χ1) is 10.9. The number of hydrogen-bond acceptors (Lipinski definition) is 5. The molecule has 0 unspecified atom stereocenters. The van der Waals surface area contributed by atoms with Crippen LogP contribution in [0.2, 0.25) is 5.02 Å². The number of hydrogen-bond donors (Lipinski definition) is 0. The summed E-state index contributed by atoms with van der Waals surface area (Å²) in [7, 11) is -3.86. The normalized spacial score (nSPS) is 15.1. The Labute approximate surface area is 142 Å². The lowest BCUT2D eigenvalue weighted by atomic mass is 10.2. The number of nitrogens with zero attached hydrogens (tertiary/aromatic N) is 2. The number of halogens is 1. The summed E-state index contributed by atoms with van der Waals surface area (Å²) in [6, 6.07) is 5.36. The molecule has 0 atom stereocenters. The second-order valence-electron chi connectivity index (χ2n) is 5.13. The minimum atomic E-state index is -3.86. The van der Waals surface area contributed by atoms with Crippen LogP contribution in [-0.4, -0.2) is 19.9 Å². The third kappa shape index (κ3) is 2.93. The molecule has 1 aliphatic rings. The molecule has 9 heteroatoms. The van der Waals surface area contributed by atoms with Crippen molar-refractivity contribution in [1.82, 2.24) is 0 Å². The van der Waals surface area contributed by atoms with E-state index in [0.29, 0.717) is 12.2 Å². The second kappa shape index (κ2) is 6.10. The molecule has 1 aromatic heterocycles. The highest BCUT2D eigenvalue weighted by atomic mass is 35.5. The van der Waals surface area contributed by atoms with Crippen molar-refractivity contribution in [3.8, 4) is 0 Å². The number of anilines is 1. The lowest BCUT2D eigenvalue weighted by Crippen LogP contribution is -2.31.